The van der Waals surface area contributed by atoms with Crippen molar-refractivity contribution in [1.82, 2.24) is 29.2 Å². The van der Waals surface area contributed by atoms with Crippen molar-refractivity contribution < 1.29 is 9.13 Å². The number of hydrogen-bond acceptors (Lipinski definition) is 7. The number of likely N-dealkylation sites (N-methyl/N-ethyl adjacent to an activating group) is 1. The first-order valence-corrected chi connectivity index (χ1v) is 12.0. The Hall–Kier alpha value is -4.31. The van der Waals surface area contributed by atoms with Gasteiger partial charge in [-0.3, -0.25) is 14.3 Å². The number of pyridine rings is 2. The molecule has 1 aromatic carbocycles. The highest BCUT2D eigenvalue weighted by Crippen LogP contribution is 2.26. The van der Waals surface area contributed by atoms with Gasteiger partial charge in [-0.25, -0.2) is 14.1 Å². The van der Waals surface area contributed by atoms with Crippen molar-refractivity contribution in [2.75, 3.05) is 39.6 Å². The van der Waals surface area contributed by atoms with Crippen LogP contribution in [-0.2, 0) is 13.0 Å². The molecule has 190 valence electrons. The van der Waals surface area contributed by atoms with Crippen molar-refractivity contribution in [3.05, 3.63) is 82.8 Å². The van der Waals surface area contributed by atoms with Crippen molar-refractivity contribution >= 4 is 27.6 Å². The van der Waals surface area contributed by atoms with Crippen molar-refractivity contribution in [3.8, 4) is 11.6 Å². The average Bonchev–Trinajstić information content (AvgIpc) is 3.25. The second kappa shape index (κ2) is 10.4. The van der Waals surface area contributed by atoms with E-state index in [4.69, 9.17) is 4.74 Å². The zero-order valence-electron chi connectivity index (χ0n) is 21.0. The summed E-state index contributed by atoms with van der Waals surface area (Å²) in [5.74, 6) is 0.862. The van der Waals surface area contributed by atoms with Crippen LogP contribution < -0.4 is 15.6 Å². The predicted octanol–water partition coefficient (Wildman–Crippen LogP) is 3.49. The molecule has 0 atom stereocenters. The molecule has 0 saturated carbocycles. The van der Waals surface area contributed by atoms with Gasteiger partial charge < -0.3 is 15.0 Å². The highest BCUT2D eigenvalue weighted by molar-refractivity contribution is 5.88. The third-order valence-electron chi connectivity index (χ3n) is 6.21. The number of aromatic nitrogens is 5. The van der Waals surface area contributed by atoms with E-state index in [1.54, 1.807) is 31.6 Å². The van der Waals surface area contributed by atoms with E-state index in [1.807, 2.05) is 37.0 Å². The van der Waals surface area contributed by atoms with Gasteiger partial charge in [-0.2, -0.15) is 5.10 Å². The number of anilines is 1. The van der Waals surface area contributed by atoms with Gasteiger partial charge in [-0.05, 0) is 56.4 Å². The summed E-state index contributed by atoms with van der Waals surface area (Å²) in [6.07, 6.45) is 6.13. The molecule has 0 amide bonds. The molecule has 1 N–H and O–H groups in total. The number of rotatable bonds is 9. The van der Waals surface area contributed by atoms with Crippen LogP contribution in [-0.4, -0.2) is 63.5 Å². The normalized spacial score (nSPS) is 11.5. The molecular weight excluding hydrogens is 473 g/mol. The summed E-state index contributed by atoms with van der Waals surface area (Å²) in [4.78, 5) is 23.5. The Morgan fingerprint density at radius 1 is 1.11 bits per heavy atom. The van der Waals surface area contributed by atoms with E-state index >= 15 is 0 Å². The lowest BCUT2D eigenvalue weighted by Gasteiger charge is -2.11. The lowest BCUT2D eigenvalue weighted by atomic mass is 10.1. The fourth-order valence-electron chi connectivity index (χ4n) is 4.29. The summed E-state index contributed by atoms with van der Waals surface area (Å²) in [6, 6.07) is 11.6. The first-order chi connectivity index (χ1) is 17.9. The third-order valence-corrected chi connectivity index (χ3v) is 6.21. The molecule has 37 heavy (non-hydrogen) atoms. The maximum atomic E-state index is 14.2. The fourth-order valence-corrected chi connectivity index (χ4v) is 4.29. The molecule has 0 bridgehead atoms. The van der Waals surface area contributed by atoms with Crippen molar-refractivity contribution in [2.24, 2.45) is 0 Å². The quantitative estimate of drug-likeness (QED) is 0.331. The molecule has 0 aliphatic heterocycles. The molecule has 0 aliphatic carbocycles. The van der Waals surface area contributed by atoms with Gasteiger partial charge in [0.2, 0.25) is 0 Å². The molecule has 10 heteroatoms. The number of ether oxygens (including phenoxy) is 1. The maximum Gasteiger partial charge on any atom is 0.266 e. The minimum absolute atomic E-state index is 0.219. The number of hydrogen-bond donors (Lipinski definition) is 1. The van der Waals surface area contributed by atoms with Gasteiger partial charge in [0.15, 0.2) is 5.82 Å². The van der Waals surface area contributed by atoms with E-state index < -0.39 is 0 Å². The summed E-state index contributed by atoms with van der Waals surface area (Å²) in [5.41, 5.74) is 3.81. The molecule has 5 aromatic rings. The summed E-state index contributed by atoms with van der Waals surface area (Å²) < 4.78 is 22.6. The Bertz CT molecular complexity index is 1630. The van der Waals surface area contributed by atoms with Crippen LogP contribution in [0.15, 0.2) is 65.8 Å². The Labute approximate surface area is 213 Å². The molecule has 5 rings (SSSR count). The lowest BCUT2D eigenvalue weighted by Crippen LogP contribution is -2.26. The zero-order chi connectivity index (χ0) is 25.9. The monoisotopic (exact) mass is 501 g/mol. The van der Waals surface area contributed by atoms with Crippen LogP contribution in [0.1, 0.15) is 5.56 Å². The highest BCUT2D eigenvalue weighted by atomic mass is 19.1. The second-order valence-corrected chi connectivity index (χ2v) is 9.02. The summed E-state index contributed by atoms with van der Waals surface area (Å²) in [7, 11) is 5.62. The Morgan fingerprint density at radius 3 is 2.78 bits per heavy atom. The highest BCUT2D eigenvalue weighted by Gasteiger charge is 2.13. The third kappa shape index (κ3) is 5.14. The van der Waals surface area contributed by atoms with E-state index in [0.717, 1.165) is 29.6 Å². The standard InChI is InChI=1S/C27H28FN7O2/c1-33(2)12-9-18-17-34(24-14-19(28)4-5-21(18)24)25-6-7-26(36)35(32-25)13-11-30-22-8-10-29-23-15-20(37-3)16-31-27(22)23/h4-8,10,14-17H,9,11-13H2,1-3H3,(H,29,30). The first kappa shape index (κ1) is 24.4. The molecule has 0 radical (unpaired) electrons. The molecule has 0 aliphatic rings. The van der Waals surface area contributed by atoms with Gasteiger partial charge >= 0.3 is 0 Å². The molecule has 0 saturated heterocycles. The Morgan fingerprint density at radius 2 is 1.97 bits per heavy atom. The van der Waals surface area contributed by atoms with E-state index in [2.05, 4.69) is 25.3 Å². The smallest absolute Gasteiger partial charge is 0.266 e. The zero-order valence-corrected chi connectivity index (χ0v) is 21.0. The molecule has 0 spiro atoms. The number of halogens is 1. The van der Waals surface area contributed by atoms with Gasteiger partial charge in [0, 0.05) is 43.0 Å². The summed E-state index contributed by atoms with van der Waals surface area (Å²) in [5, 5.41) is 8.89. The molecular formula is C27H28FN7O2. The number of nitrogens with zero attached hydrogens (tertiary/aromatic N) is 6. The van der Waals surface area contributed by atoms with E-state index in [-0.39, 0.29) is 11.4 Å². The van der Waals surface area contributed by atoms with Crippen LogP contribution in [0.3, 0.4) is 0 Å². The molecule has 0 unspecified atom stereocenters. The van der Waals surface area contributed by atoms with Crippen molar-refractivity contribution in [3.63, 3.8) is 0 Å². The topological polar surface area (TPSA) is 90.1 Å². The fraction of sp³-hybridized carbons (Fsp3) is 0.259. The van der Waals surface area contributed by atoms with E-state index in [1.165, 1.54) is 22.9 Å². The van der Waals surface area contributed by atoms with Crippen LogP contribution >= 0.6 is 0 Å². The second-order valence-electron chi connectivity index (χ2n) is 9.02. The number of nitrogens with one attached hydrogen (secondary N) is 1. The number of fused-ring (bicyclic) bond motifs is 2. The van der Waals surface area contributed by atoms with Crippen LogP contribution in [0, 0.1) is 5.82 Å². The largest absolute Gasteiger partial charge is 0.495 e. The van der Waals surface area contributed by atoms with Crippen LogP contribution in [0.2, 0.25) is 0 Å². The average molecular weight is 502 g/mol. The molecule has 9 nitrogen and oxygen atoms in total. The summed E-state index contributed by atoms with van der Waals surface area (Å²) in [6.45, 7) is 1.63. The van der Waals surface area contributed by atoms with Crippen LogP contribution in [0.4, 0.5) is 10.1 Å². The Kier molecular flexibility index (Phi) is 6.82. The van der Waals surface area contributed by atoms with Gasteiger partial charge in [-0.15, -0.1) is 0 Å². The first-order valence-electron chi connectivity index (χ1n) is 12.0. The van der Waals surface area contributed by atoms with Gasteiger partial charge in [-0.1, -0.05) is 0 Å². The minimum atomic E-state index is -0.320. The SMILES string of the molecule is COc1cnc2c(NCCn3nc(-n4cc(CCN(C)C)c5ccc(F)cc54)ccc3=O)ccnc2c1. The minimum Gasteiger partial charge on any atom is -0.495 e. The predicted molar refractivity (Wildman–Crippen MR) is 142 cm³/mol. The molecule has 4 heterocycles. The summed E-state index contributed by atoms with van der Waals surface area (Å²) >= 11 is 0. The van der Waals surface area contributed by atoms with Gasteiger partial charge in [0.05, 0.1) is 36.6 Å². The number of methoxy groups -OCH3 is 1. The Balaban J connectivity index is 1.40. The van der Waals surface area contributed by atoms with Crippen LogP contribution in [0.5, 0.6) is 5.75 Å². The van der Waals surface area contributed by atoms with Gasteiger partial charge in [0.25, 0.3) is 5.56 Å². The van der Waals surface area contributed by atoms with Crippen LogP contribution in [0.25, 0.3) is 27.8 Å². The van der Waals surface area contributed by atoms with E-state index in [0.29, 0.717) is 41.2 Å². The lowest BCUT2D eigenvalue weighted by molar-refractivity contribution is 0.413. The van der Waals surface area contributed by atoms with Crippen molar-refractivity contribution in [2.45, 2.75) is 13.0 Å². The van der Waals surface area contributed by atoms with Crippen molar-refractivity contribution in [1.29, 1.82) is 0 Å². The maximum absolute atomic E-state index is 14.2. The number of benzene rings is 1. The molecule has 4 aromatic heterocycles. The van der Waals surface area contributed by atoms with E-state index in [9.17, 15) is 9.18 Å². The molecule has 0 fully saturated rings. The van der Waals surface area contributed by atoms with Gasteiger partial charge in [0.1, 0.15) is 17.1 Å².